The van der Waals surface area contributed by atoms with Gasteiger partial charge in [0.15, 0.2) is 0 Å². The summed E-state index contributed by atoms with van der Waals surface area (Å²) in [7, 11) is 0. The zero-order valence-corrected chi connectivity index (χ0v) is 15.3. The Morgan fingerprint density at radius 2 is 1.76 bits per heavy atom. The molecule has 0 aliphatic carbocycles. The third-order valence-electron chi connectivity index (χ3n) is 5.77. The van der Waals surface area contributed by atoms with Gasteiger partial charge < -0.3 is 4.90 Å². The highest BCUT2D eigenvalue weighted by atomic mass is 19.1. The molecule has 5 heteroatoms. The fraction of sp³-hybridized carbons (Fsp3) is 0.600. The maximum atomic E-state index is 15.0. The number of hydrogen-bond acceptors (Lipinski definition) is 3. The van der Waals surface area contributed by atoms with E-state index >= 15 is 4.39 Å². The molecule has 2 heterocycles. The Balaban J connectivity index is 1.79. The molecular weight excluding hydrogens is 319 g/mol. The molecule has 25 heavy (non-hydrogen) atoms. The average Bonchev–Trinajstić information content (AvgIpc) is 2.58. The predicted molar refractivity (Wildman–Crippen MR) is 94.9 cm³/mol. The molecule has 0 radical (unpaired) electrons. The minimum absolute atomic E-state index is 0.176. The van der Waals surface area contributed by atoms with Gasteiger partial charge in [0.2, 0.25) is 11.8 Å². The van der Waals surface area contributed by atoms with Gasteiger partial charge in [0.25, 0.3) is 0 Å². The summed E-state index contributed by atoms with van der Waals surface area (Å²) < 4.78 is 15.0. The van der Waals surface area contributed by atoms with E-state index in [0.717, 1.165) is 31.5 Å². The van der Waals surface area contributed by atoms with Crippen molar-refractivity contribution < 1.29 is 14.0 Å². The van der Waals surface area contributed by atoms with E-state index in [1.54, 1.807) is 6.92 Å². The van der Waals surface area contributed by atoms with Gasteiger partial charge in [0.1, 0.15) is 5.82 Å². The monoisotopic (exact) mass is 346 g/mol. The fourth-order valence-corrected chi connectivity index (χ4v) is 4.13. The van der Waals surface area contributed by atoms with Crippen molar-refractivity contribution in [1.82, 2.24) is 10.2 Å². The number of benzene rings is 1. The summed E-state index contributed by atoms with van der Waals surface area (Å²) in [5, 5.41) is 2.36. The van der Waals surface area contributed by atoms with Gasteiger partial charge in [0.05, 0.1) is 5.92 Å². The number of imide groups is 1. The first-order chi connectivity index (χ1) is 11.9. The van der Waals surface area contributed by atoms with Crippen molar-refractivity contribution in [2.75, 3.05) is 13.1 Å². The van der Waals surface area contributed by atoms with Crippen LogP contribution in [0.15, 0.2) is 12.1 Å². The molecular formula is C20H27FN2O2. The van der Waals surface area contributed by atoms with Crippen molar-refractivity contribution in [2.24, 2.45) is 0 Å². The molecule has 1 aromatic carbocycles. The molecule has 1 atom stereocenters. The molecule has 2 aliphatic heterocycles. The lowest BCUT2D eigenvalue weighted by Gasteiger charge is -2.35. The van der Waals surface area contributed by atoms with Gasteiger partial charge in [-0.25, -0.2) is 4.39 Å². The van der Waals surface area contributed by atoms with Gasteiger partial charge in [-0.2, -0.15) is 0 Å². The van der Waals surface area contributed by atoms with Crippen molar-refractivity contribution in [3.63, 3.8) is 0 Å². The van der Waals surface area contributed by atoms with Gasteiger partial charge in [-0.05, 0) is 75.7 Å². The Morgan fingerprint density at radius 1 is 1.12 bits per heavy atom. The highest BCUT2D eigenvalue weighted by Crippen LogP contribution is 2.35. The Hall–Kier alpha value is -1.75. The van der Waals surface area contributed by atoms with Crippen LogP contribution in [0.3, 0.4) is 0 Å². The number of piperidine rings is 2. The zero-order chi connectivity index (χ0) is 18.1. The minimum atomic E-state index is -0.427. The molecule has 1 N–H and O–H groups in total. The predicted octanol–water partition coefficient (Wildman–Crippen LogP) is 3.24. The largest absolute Gasteiger partial charge is 0.301 e. The van der Waals surface area contributed by atoms with Crippen LogP contribution in [0.25, 0.3) is 0 Å². The molecule has 2 aliphatic rings. The van der Waals surface area contributed by atoms with Crippen LogP contribution in [0.1, 0.15) is 68.1 Å². The zero-order valence-electron chi connectivity index (χ0n) is 15.3. The lowest BCUT2D eigenvalue weighted by Crippen LogP contribution is -2.40. The van der Waals surface area contributed by atoms with E-state index in [4.69, 9.17) is 0 Å². The normalized spacial score (nSPS) is 23.2. The number of likely N-dealkylation sites (tertiary alicyclic amines) is 1. The van der Waals surface area contributed by atoms with E-state index in [2.05, 4.69) is 24.1 Å². The Morgan fingerprint density at radius 3 is 2.36 bits per heavy atom. The molecule has 2 amide bonds. The first kappa shape index (κ1) is 18.1. The molecule has 3 rings (SSSR count). The van der Waals surface area contributed by atoms with E-state index in [-0.39, 0.29) is 23.5 Å². The molecule has 0 bridgehead atoms. The lowest BCUT2D eigenvalue weighted by molar-refractivity contribution is -0.134. The van der Waals surface area contributed by atoms with Gasteiger partial charge in [0, 0.05) is 12.5 Å². The fourth-order valence-electron chi connectivity index (χ4n) is 4.13. The molecule has 1 unspecified atom stereocenters. The van der Waals surface area contributed by atoms with Crippen LogP contribution in [0, 0.1) is 12.7 Å². The molecule has 1 aromatic rings. The van der Waals surface area contributed by atoms with E-state index in [0.29, 0.717) is 30.0 Å². The first-order valence-corrected chi connectivity index (χ1v) is 9.25. The number of nitrogens with zero attached hydrogens (tertiary/aromatic N) is 1. The number of hydrogen-bond donors (Lipinski definition) is 1. The highest BCUT2D eigenvalue weighted by Gasteiger charge is 2.31. The van der Waals surface area contributed by atoms with Crippen molar-refractivity contribution in [3.8, 4) is 0 Å². The summed E-state index contributed by atoms with van der Waals surface area (Å²) in [4.78, 5) is 25.9. The molecule has 0 saturated carbocycles. The van der Waals surface area contributed by atoms with Crippen molar-refractivity contribution in [1.29, 1.82) is 0 Å². The topological polar surface area (TPSA) is 49.4 Å². The Labute approximate surface area is 148 Å². The van der Waals surface area contributed by atoms with Crippen LogP contribution >= 0.6 is 0 Å². The number of halogens is 1. The number of carbonyl (C=O) groups excluding carboxylic acids is 2. The van der Waals surface area contributed by atoms with Crippen LogP contribution in [-0.4, -0.2) is 35.8 Å². The standard InChI is InChI=1S/C20H27FN2O2/c1-12(2)23-10-8-14(9-11-23)16-5-4-15(13(3)19(16)21)17-6-7-18(24)22-20(17)25/h4-5,12,14,17H,6-11H2,1-3H3,(H,22,24,25). The minimum Gasteiger partial charge on any atom is -0.301 e. The number of nitrogens with one attached hydrogen (secondary N) is 1. The van der Waals surface area contributed by atoms with Crippen LogP contribution in [0.2, 0.25) is 0 Å². The van der Waals surface area contributed by atoms with Crippen molar-refractivity contribution in [3.05, 3.63) is 34.6 Å². The summed E-state index contributed by atoms with van der Waals surface area (Å²) in [5.74, 6) is -0.914. The molecule has 4 nitrogen and oxygen atoms in total. The van der Waals surface area contributed by atoms with E-state index in [1.165, 1.54) is 0 Å². The SMILES string of the molecule is Cc1c(C2CCC(=O)NC2=O)ccc(C2CCN(C(C)C)CC2)c1F. The first-order valence-electron chi connectivity index (χ1n) is 9.25. The summed E-state index contributed by atoms with van der Waals surface area (Å²) in [6, 6.07) is 4.28. The average molecular weight is 346 g/mol. The van der Waals surface area contributed by atoms with E-state index in [9.17, 15) is 9.59 Å². The van der Waals surface area contributed by atoms with Gasteiger partial charge >= 0.3 is 0 Å². The Bertz CT molecular complexity index is 679. The molecule has 2 saturated heterocycles. The molecule has 2 fully saturated rings. The van der Waals surface area contributed by atoms with Crippen LogP contribution in [0.4, 0.5) is 4.39 Å². The van der Waals surface area contributed by atoms with Gasteiger partial charge in [-0.15, -0.1) is 0 Å². The number of amides is 2. The third kappa shape index (κ3) is 3.61. The van der Waals surface area contributed by atoms with Crippen LogP contribution < -0.4 is 5.32 Å². The molecule has 0 spiro atoms. The maximum Gasteiger partial charge on any atom is 0.234 e. The second-order valence-corrected chi connectivity index (χ2v) is 7.59. The van der Waals surface area contributed by atoms with Crippen molar-refractivity contribution in [2.45, 2.75) is 64.3 Å². The Kier molecular flexibility index (Phi) is 5.23. The second kappa shape index (κ2) is 7.24. The van der Waals surface area contributed by atoms with Crippen LogP contribution in [0.5, 0.6) is 0 Å². The van der Waals surface area contributed by atoms with Gasteiger partial charge in [-0.3, -0.25) is 14.9 Å². The summed E-state index contributed by atoms with van der Waals surface area (Å²) in [5.41, 5.74) is 2.04. The third-order valence-corrected chi connectivity index (χ3v) is 5.77. The van der Waals surface area contributed by atoms with Gasteiger partial charge in [-0.1, -0.05) is 12.1 Å². The highest BCUT2D eigenvalue weighted by molar-refractivity contribution is 6.01. The van der Waals surface area contributed by atoms with E-state index in [1.807, 2.05) is 12.1 Å². The summed E-state index contributed by atoms with van der Waals surface area (Å²) >= 11 is 0. The lowest BCUT2D eigenvalue weighted by atomic mass is 9.83. The van der Waals surface area contributed by atoms with Crippen molar-refractivity contribution >= 4 is 11.8 Å². The summed E-state index contributed by atoms with van der Waals surface area (Å²) in [6.07, 6.45) is 2.70. The molecule has 0 aromatic heterocycles. The van der Waals surface area contributed by atoms with E-state index < -0.39 is 5.92 Å². The van der Waals surface area contributed by atoms with Crippen LogP contribution in [-0.2, 0) is 9.59 Å². The number of rotatable bonds is 3. The second-order valence-electron chi connectivity index (χ2n) is 7.59. The number of carbonyl (C=O) groups is 2. The quantitative estimate of drug-likeness (QED) is 0.855. The maximum absolute atomic E-state index is 15.0. The smallest absolute Gasteiger partial charge is 0.234 e. The molecule has 136 valence electrons. The summed E-state index contributed by atoms with van der Waals surface area (Å²) in [6.45, 7) is 8.13.